The van der Waals surface area contributed by atoms with Crippen LogP contribution in [0.5, 0.6) is 11.5 Å². The van der Waals surface area contributed by atoms with E-state index in [1.807, 2.05) is 18.2 Å². The van der Waals surface area contributed by atoms with Crippen molar-refractivity contribution in [3.63, 3.8) is 0 Å². The lowest BCUT2D eigenvalue weighted by Crippen LogP contribution is -2.33. The number of benzene rings is 1. The maximum Gasteiger partial charge on any atom is 0.256 e. The summed E-state index contributed by atoms with van der Waals surface area (Å²) in [6.45, 7) is 0.835. The van der Waals surface area contributed by atoms with Crippen LogP contribution in [-0.2, 0) is 17.9 Å². The van der Waals surface area contributed by atoms with Crippen LogP contribution in [0.15, 0.2) is 41.0 Å². The molecule has 3 rings (SSSR count). The van der Waals surface area contributed by atoms with E-state index >= 15 is 0 Å². The third-order valence-electron chi connectivity index (χ3n) is 3.24. The average Bonchev–Trinajstić information content (AvgIpc) is 3.16. The molecule has 0 fully saturated rings. The molecule has 1 aromatic carbocycles. The normalized spacial score (nSPS) is 12.7. The second kappa shape index (κ2) is 6.50. The van der Waals surface area contributed by atoms with E-state index in [4.69, 9.17) is 37.1 Å². The summed E-state index contributed by atoms with van der Waals surface area (Å²) in [5, 5.41) is 0. The van der Waals surface area contributed by atoms with Crippen LogP contribution in [0.25, 0.3) is 0 Å². The van der Waals surface area contributed by atoms with Gasteiger partial charge in [0.2, 0.25) is 6.79 Å². The Morgan fingerprint density at radius 2 is 2.00 bits per heavy atom. The molecule has 2 aromatic rings. The molecule has 0 saturated carbocycles. The number of rotatable bonds is 5. The van der Waals surface area contributed by atoms with E-state index in [1.54, 1.807) is 18.4 Å². The summed E-state index contributed by atoms with van der Waals surface area (Å²) in [5.74, 6) is 1.64. The summed E-state index contributed by atoms with van der Waals surface area (Å²) < 4.78 is 15.9. The van der Waals surface area contributed by atoms with Crippen molar-refractivity contribution in [3.8, 4) is 11.5 Å². The van der Waals surface area contributed by atoms with Crippen LogP contribution in [0.1, 0.15) is 11.3 Å². The van der Waals surface area contributed by atoms with E-state index in [2.05, 4.69) is 0 Å². The monoisotopic (exact) mass is 341 g/mol. The van der Waals surface area contributed by atoms with Crippen LogP contribution in [-0.4, -0.2) is 22.4 Å². The number of halogens is 2. The van der Waals surface area contributed by atoms with Gasteiger partial charge in [-0.1, -0.05) is 29.3 Å². The first-order valence-electron chi connectivity index (χ1n) is 6.61. The summed E-state index contributed by atoms with van der Waals surface area (Å²) in [7, 11) is 0. The number of ether oxygens (including phenoxy) is 2. The zero-order valence-corrected chi connectivity index (χ0v) is 13.0. The van der Waals surface area contributed by atoms with E-state index in [1.165, 1.54) is 4.90 Å². The molecule has 0 N–H and O–H groups in total. The molecule has 0 spiro atoms. The molecule has 5 nitrogen and oxygen atoms in total. The molecule has 2 heterocycles. The molecule has 0 saturated heterocycles. The maximum absolute atomic E-state index is 12.2. The first kappa shape index (κ1) is 15.1. The molecule has 0 radical (unpaired) electrons. The number of nitrogens with zero attached hydrogens (tertiary/aromatic N) is 1. The maximum atomic E-state index is 12.2. The Morgan fingerprint density at radius 1 is 1.18 bits per heavy atom. The highest BCUT2D eigenvalue weighted by Gasteiger charge is 2.22. The Balaban J connectivity index is 1.78. The predicted molar refractivity (Wildman–Crippen MR) is 81.0 cm³/mol. The van der Waals surface area contributed by atoms with Gasteiger partial charge in [0.1, 0.15) is 5.76 Å². The Labute approximate surface area is 137 Å². The molecule has 22 heavy (non-hydrogen) atoms. The highest BCUT2D eigenvalue weighted by atomic mass is 35.5. The van der Waals surface area contributed by atoms with Gasteiger partial charge < -0.3 is 18.8 Å². The number of carbonyl (C=O) groups is 1. The Kier molecular flexibility index (Phi) is 4.45. The first-order valence-corrected chi connectivity index (χ1v) is 7.48. The van der Waals surface area contributed by atoms with E-state index in [0.29, 0.717) is 23.8 Å². The minimum absolute atomic E-state index is 0.208. The highest BCUT2D eigenvalue weighted by molar-refractivity contribution is 6.53. The second-order valence-electron chi connectivity index (χ2n) is 4.76. The van der Waals surface area contributed by atoms with Crippen LogP contribution in [0.4, 0.5) is 0 Å². The number of amides is 1. The molecule has 0 unspecified atom stereocenters. The van der Waals surface area contributed by atoms with Crippen molar-refractivity contribution in [1.29, 1.82) is 0 Å². The molecule has 0 aliphatic carbocycles. The van der Waals surface area contributed by atoms with Crippen molar-refractivity contribution in [2.45, 2.75) is 17.9 Å². The Morgan fingerprint density at radius 3 is 2.73 bits per heavy atom. The Bertz CT molecular complexity index is 658. The van der Waals surface area contributed by atoms with Crippen molar-refractivity contribution in [2.75, 3.05) is 6.79 Å². The first-order chi connectivity index (χ1) is 10.6. The second-order valence-corrected chi connectivity index (χ2v) is 5.86. The average molecular weight is 342 g/mol. The van der Waals surface area contributed by atoms with Gasteiger partial charge in [0.25, 0.3) is 5.91 Å². The van der Waals surface area contributed by atoms with Crippen molar-refractivity contribution in [1.82, 2.24) is 4.90 Å². The molecule has 1 aliphatic rings. The lowest BCUT2D eigenvalue weighted by atomic mass is 10.2. The summed E-state index contributed by atoms with van der Waals surface area (Å²) in [6, 6.07) is 9.07. The molecular formula is C15H13Cl2NO4. The van der Waals surface area contributed by atoms with Crippen LogP contribution in [0.2, 0.25) is 0 Å². The number of fused-ring (bicyclic) bond motifs is 1. The minimum atomic E-state index is -1.12. The number of hydrogen-bond donors (Lipinski definition) is 0. The van der Waals surface area contributed by atoms with Gasteiger partial charge in [-0.3, -0.25) is 4.79 Å². The van der Waals surface area contributed by atoms with Crippen molar-refractivity contribution in [3.05, 3.63) is 47.9 Å². The molecular weight excluding hydrogens is 329 g/mol. The van der Waals surface area contributed by atoms with Crippen LogP contribution in [0.3, 0.4) is 0 Å². The highest BCUT2D eigenvalue weighted by Crippen LogP contribution is 2.33. The van der Waals surface area contributed by atoms with Gasteiger partial charge >= 0.3 is 0 Å². The van der Waals surface area contributed by atoms with Gasteiger partial charge in [0.15, 0.2) is 16.3 Å². The standard InChI is InChI=1S/C15H13Cl2NO4/c16-14(17)15(19)18(8-11-2-1-5-20-11)7-10-3-4-12-13(6-10)22-9-21-12/h1-6,14H,7-9H2. The van der Waals surface area contributed by atoms with E-state index in [9.17, 15) is 4.79 Å². The largest absolute Gasteiger partial charge is 0.467 e. The fourth-order valence-electron chi connectivity index (χ4n) is 2.20. The minimum Gasteiger partial charge on any atom is -0.467 e. The van der Waals surface area contributed by atoms with Gasteiger partial charge in [0, 0.05) is 6.54 Å². The third-order valence-corrected chi connectivity index (χ3v) is 3.61. The van der Waals surface area contributed by atoms with Gasteiger partial charge in [-0.15, -0.1) is 0 Å². The van der Waals surface area contributed by atoms with Crippen LogP contribution >= 0.6 is 23.2 Å². The van der Waals surface area contributed by atoms with Gasteiger partial charge in [-0.2, -0.15) is 0 Å². The van der Waals surface area contributed by atoms with Gasteiger partial charge in [0.05, 0.1) is 12.8 Å². The molecule has 0 bridgehead atoms. The van der Waals surface area contributed by atoms with E-state index < -0.39 is 4.84 Å². The summed E-state index contributed by atoms with van der Waals surface area (Å²) >= 11 is 11.4. The van der Waals surface area contributed by atoms with Gasteiger partial charge in [-0.25, -0.2) is 0 Å². The zero-order valence-electron chi connectivity index (χ0n) is 11.5. The molecule has 7 heteroatoms. The fourth-order valence-corrected chi connectivity index (χ4v) is 2.48. The van der Waals surface area contributed by atoms with Crippen LogP contribution in [0, 0.1) is 0 Å². The SMILES string of the molecule is O=C(C(Cl)Cl)N(Cc1ccc2c(c1)OCO2)Cc1ccco1. The smallest absolute Gasteiger partial charge is 0.256 e. The number of carbonyl (C=O) groups excluding carboxylic acids is 1. The summed E-state index contributed by atoms with van der Waals surface area (Å²) in [5.41, 5.74) is 0.887. The van der Waals surface area contributed by atoms with Crippen molar-refractivity contribution >= 4 is 29.1 Å². The molecule has 1 aromatic heterocycles. The van der Waals surface area contributed by atoms with Crippen molar-refractivity contribution < 1.29 is 18.7 Å². The van der Waals surface area contributed by atoms with Gasteiger partial charge in [-0.05, 0) is 29.8 Å². The molecule has 1 aliphatic heterocycles. The summed E-state index contributed by atoms with van der Waals surface area (Å²) in [4.78, 5) is 12.6. The molecule has 116 valence electrons. The predicted octanol–water partition coefficient (Wildman–Crippen LogP) is 3.34. The van der Waals surface area contributed by atoms with E-state index in [-0.39, 0.29) is 19.2 Å². The fraction of sp³-hybridized carbons (Fsp3) is 0.267. The summed E-state index contributed by atoms with van der Waals surface area (Å²) in [6.07, 6.45) is 1.55. The lowest BCUT2D eigenvalue weighted by molar-refractivity contribution is -0.130. The topological polar surface area (TPSA) is 51.9 Å². The van der Waals surface area contributed by atoms with Crippen LogP contribution < -0.4 is 9.47 Å². The van der Waals surface area contributed by atoms with Crippen molar-refractivity contribution in [2.24, 2.45) is 0 Å². The third kappa shape index (κ3) is 3.31. The number of furan rings is 1. The quantitative estimate of drug-likeness (QED) is 0.782. The van der Waals surface area contributed by atoms with E-state index in [0.717, 1.165) is 5.56 Å². The number of hydrogen-bond acceptors (Lipinski definition) is 4. The number of alkyl halides is 2. The zero-order chi connectivity index (χ0) is 15.5. The molecule has 0 atom stereocenters. The Hall–Kier alpha value is -1.85. The lowest BCUT2D eigenvalue weighted by Gasteiger charge is -2.22. The molecule has 1 amide bonds.